The van der Waals surface area contributed by atoms with Crippen molar-refractivity contribution in [2.75, 3.05) is 26.7 Å². The fraction of sp³-hybridized carbons (Fsp3) is 0.833. The molecule has 0 aromatic rings. The Balaban J connectivity index is 3.70. The van der Waals surface area contributed by atoms with E-state index in [0.29, 0.717) is 19.5 Å². The Morgan fingerprint density at radius 1 is 1.24 bits per heavy atom. The smallest absolute Gasteiger partial charge is 0.241 e. The van der Waals surface area contributed by atoms with Crippen molar-refractivity contribution in [1.29, 1.82) is 0 Å². The summed E-state index contributed by atoms with van der Waals surface area (Å²) in [6, 6.07) is 0. The molecule has 0 spiro atoms. The molecule has 0 radical (unpaired) electrons. The lowest BCUT2D eigenvalue weighted by atomic mass is 10.1. The molecule has 2 amide bonds. The van der Waals surface area contributed by atoms with E-state index < -0.39 is 0 Å². The maximum Gasteiger partial charge on any atom is 0.241 e. The average Bonchev–Trinajstić information content (AvgIpc) is 2.22. The van der Waals surface area contributed by atoms with Crippen molar-refractivity contribution in [1.82, 2.24) is 15.5 Å². The molecule has 0 rings (SSSR count). The molecule has 0 fully saturated rings. The number of hydrogen-bond donors (Lipinski definition) is 2. The predicted molar refractivity (Wildman–Crippen MR) is 68.7 cm³/mol. The first-order chi connectivity index (χ1) is 7.76. The summed E-state index contributed by atoms with van der Waals surface area (Å²) in [7, 11) is 1.72. The molecule has 0 unspecified atom stereocenters. The van der Waals surface area contributed by atoms with Crippen LogP contribution in [0.3, 0.4) is 0 Å². The predicted octanol–water partition coefficient (Wildman–Crippen LogP) is 0.359. The van der Waals surface area contributed by atoms with E-state index in [1.807, 2.05) is 27.7 Å². The van der Waals surface area contributed by atoms with Gasteiger partial charge in [-0.2, -0.15) is 0 Å². The number of nitrogens with zero attached hydrogens (tertiary/aromatic N) is 1. The molecule has 2 N–H and O–H groups in total. The van der Waals surface area contributed by atoms with Gasteiger partial charge < -0.3 is 15.5 Å². The summed E-state index contributed by atoms with van der Waals surface area (Å²) in [5.74, 6) is -0.163. The van der Waals surface area contributed by atoms with Gasteiger partial charge in [-0.25, -0.2) is 0 Å². The van der Waals surface area contributed by atoms with Crippen LogP contribution in [0, 0.1) is 0 Å². The van der Waals surface area contributed by atoms with Crippen LogP contribution in [0.25, 0.3) is 0 Å². The zero-order valence-electron chi connectivity index (χ0n) is 11.6. The van der Waals surface area contributed by atoms with Crippen molar-refractivity contribution in [2.24, 2.45) is 0 Å². The zero-order chi connectivity index (χ0) is 13.5. The van der Waals surface area contributed by atoms with Crippen molar-refractivity contribution in [2.45, 2.75) is 39.7 Å². The van der Waals surface area contributed by atoms with Crippen LogP contribution in [-0.4, -0.2) is 48.9 Å². The molecule has 0 saturated heterocycles. The second-order valence-corrected chi connectivity index (χ2v) is 5.11. The highest BCUT2D eigenvalue weighted by molar-refractivity contribution is 5.84. The fourth-order valence-electron chi connectivity index (χ4n) is 1.12. The van der Waals surface area contributed by atoms with Gasteiger partial charge in [-0.3, -0.25) is 9.59 Å². The highest BCUT2D eigenvalue weighted by Crippen LogP contribution is 1.97. The summed E-state index contributed by atoms with van der Waals surface area (Å²) in [6.07, 6.45) is 0.389. The normalized spacial score (nSPS) is 11.1. The third-order valence-electron chi connectivity index (χ3n) is 2.34. The lowest BCUT2D eigenvalue weighted by molar-refractivity contribution is -0.131. The van der Waals surface area contributed by atoms with Gasteiger partial charge in [0.2, 0.25) is 11.8 Å². The summed E-state index contributed by atoms with van der Waals surface area (Å²) in [5, 5.41) is 5.83. The van der Waals surface area contributed by atoms with E-state index in [-0.39, 0.29) is 23.9 Å². The highest BCUT2D eigenvalue weighted by atomic mass is 16.2. The Morgan fingerprint density at radius 2 is 1.82 bits per heavy atom. The second kappa shape index (κ2) is 7.27. The van der Waals surface area contributed by atoms with E-state index in [0.717, 1.165) is 0 Å². The van der Waals surface area contributed by atoms with Gasteiger partial charge in [-0.05, 0) is 27.7 Å². The molecule has 0 bridgehead atoms. The minimum Gasteiger partial charge on any atom is -0.347 e. The molecular weight excluding hydrogens is 218 g/mol. The third kappa shape index (κ3) is 8.68. The SMILES string of the molecule is CCN(C)C(=O)CNC(=O)CCNC(C)(C)C. The van der Waals surface area contributed by atoms with Crippen LogP contribution in [0.1, 0.15) is 34.1 Å². The van der Waals surface area contributed by atoms with Crippen LogP contribution in [0.4, 0.5) is 0 Å². The van der Waals surface area contributed by atoms with Crippen LogP contribution in [0.2, 0.25) is 0 Å². The number of amides is 2. The average molecular weight is 243 g/mol. The molecule has 5 nitrogen and oxygen atoms in total. The van der Waals surface area contributed by atoms with Gasteiger partial charge in [0.25, 0.3) is 0 Å². The number of carbonyl (C=O) groups excluding carboxylic acids is 2. The summed E-state index contributed by atoms with van der Waals surface area (Å²) in [5.41, 5.74) is 0.0124. The molecule has 17 heavy (non-hydrogen) atoms. The quantitative estimate of drug-likeness (QED) is 0.708. The number of likely N-dealkylation sites (N-methyl/N-ethyl adjacent to an activating group) is 1. The molecule has 0 aliphatic carbocycles. The molecule has 0 saturated carbocycles. The zero-order valence-corrected chi connectivity index (χ0v) is 11.6. The maximum atomic E-state index is 11.4. The van der Waals surface area contributed by atoms with Crippen LogP contribution in [0.15, 0.2) is 0 Å². The monoisotopic (exact) mass is 243 g/mol. The van der Waals surface area contributed by atoms with Crippen molar-refractivity contribution >= 4 is 11.8 Å². The van der Waals surface area contributed by atoms with Gasteiger partial charge in [0, 0.05) is 32.1 Å². The van der Waals surface area contributed by atoms with Gasteiger partial charge in [-0.1, -0.05) is 0 Å². The molecule has 0 aromatic heterocycles. The topological polar surface area (TPSA) is 61.4 Å². The second-order valence-electron chi connectivity index (χ2n) is 5.11. The van der Waals surface area contributed by atoms with Crippen LogP contribution in [-0.2, 0) is 9.59 Å². The summed E-state index contributed by atoms with van der Waals surface area (Å²) < 4.78 is 0. The fourth-order valence-corrected chi connectivity index (χ4v) is 1.12. The van der Waals surface area contributed by atoms with Crippen molar-refractivity contribution in [3.8, 4) is 0 Å². The lowest BCUT2D eigenvalue weighted by Crippen LogP contribution is -2.41. The number of carbonyl (C=O) groups is 2. The summed E-state index contributed by atoms with van der Waals surface area (Å²) in [6.45, 7) is 9.39. The molecule has 5 heteroatoms. The third-order valence-corrected chi connectivity index (χ3v) is 2.34. The Hall–Kier alpha value is -1.10. The molecule has 0 atom stereocenters. The van der Waals surface area contributed by atoms with E-state index in [1.54, 1.807) is 11.9 Å². The van der Waals surface area contributed by atoms with Gasteiger partial charge in [-0.15, -0.1) is 0 Å². The number of nitrogens with one attached hydrogen (secondary N) is 2. The van der Waals surface area contributed by atoms with Crippen molar-refractivity contribution in [3.05, 3.63) is 0 Å². The largest absolute Gasteiger partial charge is 0.347 e. The van der Waals surface area contributed by atoms with Gasteiger partial charge in [0.05, 0.1) is 6.54 Å². The van der Waals surface area contributed by atoms with Crippen molar-refractivity contribution < 1.29 is 9.59 Å². The van der Waals surface area contributed by atoms with E-state index in [4.69, 9.17) is 0 Å². The standard InChI is InChI=1S/C12H25N3O2/c1-6-15(5)11(17)9-13-10(16)7-8-14-12(2,3)4/h14H,6-9H2,1-5H3,(H,13,16). The first-order valence-electron chi connectivity index (χ1n) is 6.02. The molecule has 0 aromatic carbocycles. The Bertz CT molecular complexity index is 259. The first-order valence-corrected chi connectivity index (χ1v) is 6.02. The van der Waals surface area contributed by atoms with E-state index in [1.165, 1.54) is 0 Å². The van der Waals surface area contributed by atoms with Gasteiger partial charge in [0.15, 0.2) is 0 Å². The molecule has 100 valence electrons. The van der Waals surface area contributed by atoms with Crippen LogP contribution in [0.5, 0.6) is 0 Å². The first kappa shape index (κ1) is 15.9. The van der Waals surface area contributed by atoms with Crippen LogP contribution >= 0.6 is 0 Å². The van der Waals surface area contributed by atoms with Gasteiger partial charge >= 0.3 is 0 Å². The number of hydrogen-bond acceptors (Lipinski definition) is 3. The molecule has 0 heterocycles. The lowest BCUT2D eigenvalue weighted by Gasteiger charge is -2.20. The molecule has 0 aliphatic heterocycles. The van der Waals surface area contributed by atoms with E-state index >= 15 is 0 Å². The van der Waals surface area contributed by atoms with Crippen LogP contribution < -0.4 is 10.6 Å². The highest BCUT2D eigenvalue weighted by Gasteiger charge is 2.11. The molecular formula is C12H25N3O2. The van der Waals surface area contributed by atoms with Gasteiger partial charge in [0.1, 0.15) is 0 Å². The minimum absolute atomic E-state index is 0.0124. The Kier molecular flexibility index (Phi) is 6.80. The summed E-state index contributed by atoms with van der Waals surface area (Å²) in [4.78, 5) is 24.4. The number of rotatable bonds is 6. The van der Waals surface area contributed by atoms with Crippen molar-refractivity contribution in [3.63, 3.8) is 0 Å². The Labute approximate surface area is 104 Å². The summed E-state index contributed by atoms with van der Waals surface area (Å²) >= 11 is 0. The minimum atomic E-state index is -0.0976. The van der Waals surface area contributed by atoms with E-state index in [2.05, 4.69) is 10.6 Å². The Morgan fingerprint density at radius 3 is 2.29 bits per heavy atom. The maximum absolute atomic E-state index is 11.4. The molecule has 0 aliphatic rings. The van der Waals surface area contributed by atoms with E-state index in [9.17, 15) is 9.59 Å².